The Morgan fingerprint density at radius 3 is 2.23 bits per heavy atom. The lowest BCUT2D eigenvalue weighted by atomic mass is 9.71. The van der Waals surface area contributed by atoms with Crippen molar-refractivity contribution in [3.63, 3.8) is 0 Å². The predicted molar refractivity (Wildman–Crippen MR) is 226 cm³/mol. The lowest BCUT2D eigenvalue weighted by Gasteiger charge is -2.52. The van der Waals surface area contributed by atoms with Gasteiger partial charge in [0.05, 0.1) is 21.7 Å². The number of benzene rings is 2. The second-order valence-electron chi connectivity index (χ2n) is 17.9. The van der Waals surface area contributed by atoms with Gasteiger partial charge >= 0.3 is 0 Å². The molecule has 62 heavy (non-hydrogen) atoms. The van der Waals surface area contributed by atoms with E-state index in [2.05, 4.69) is 27.4 Å². The third kappa shape index (κ3) is 6.95. The highest BCUT2D eigenvalue weighted by Gasteiger charge is 2.47. The molecule has 18 heteroatoms. The number of anilines is 3. The molecular formula is C44H48FN9O7S. The molecule has 0 radical (unpaired) electrons. The van der Waals surface area contributed by atoms with Gasteiger partial charge in [0.15, 0.2) is 0 Å². The minimum Gasteiger partial charge on any atom is -0.366 e. The van der Waals surface area contributed by atoms with Crippen molar-refractivity contribution in [3.8, 4) is 0 Å². The molecule has 5 aliphatic heterocycles. The summed E-state index contributed by atoms with van der Waals surface area (Å²) in [4.78, 5) is 78.0. The Labute approximate surface area is 357 Å². The van der Waals surface area contributed by atoms with Gasteiger partial charge in [0.1, 0.15) is 17.5 Å². The molecule has 5 fully saturated rings. The third-order valence-electron chi connectivity index (χ3n) is 14.4. The van der Waals surface area contributed by atoms with Crippen LogP contribution in [0.3, 0.4) is 0 Å². The normalized spacial score (nSPS) is 24.8. The molecule has 0 bridgehead atoms. The molecule has 4 saturated heterocycles. The largest absolute Gasteiger partial charge is 0.366 e. The zero-order chi connectivity index (χ0) is 43.1. The summed E-state index contributed by atoms with van der Waals surface area (Å²) in [6.45, 7) is 5.84. The molecule has 10 rings (SSSR count). The number of fused-ring (bicyclic) bond motifs is 2. The number of imide groups is 2. The molecule has 1 saturated carbocycles. The molecule has 1 aliphatic carbocycles. The fourth-order valence-corrected chi connectivity index (χ4v) is 12.0. The van der Waals surface area contributed by atoms with Crippen LogP contribution in [-0.2, 0) is 19.6 Å². The number of nitrogens with one attached hydrogen (secondary N) is 2. The number of nitrogens with zero attached hydrogens (tertiary/aromatic N) is 7. The number of piperidine rings is 3. The highest BCUT2D eigenvalue weighted by atomic mass is 32.2. The van der Waals surface area contributed by atoms with Crippen molar-refractivity contribution < 1.29 is 32.0 Å². The monoisotopic (exact) mass is 865 g/mol. The van der Waals surface area contributed by atoms with Crippen molar-refractivity contribution in [1.29, 1.82) is 0 Å². The smallest absolute Gasteiger partial charge is 0.262 e. The first kappa shape index (κ1) is 40.5. The van der Waals surface area contributed by atoms with E-state index in [4.69, 9.17) is 4.98 Å². The van der Waals surface area contributed by atoms with Crippen molar-refractivity contribution in [2.45, 2.75) is 87.7 Å². The molecule has 2 N–H and O–H groups in total. The summed E-state index contributed by atoms with van der Waals surface area (Å²) < 4.78 is 46.4. The van der Waals surface area contributed by atoms with Crippen LogP contribution in [0.25, 0.3) is 11.0 Å². The van der Waals surface area contributed by atoms with Gasteiger partial charge in [0, 0.05) is 68.0 Å². The summed E-state index contributed by atoms with van der Waals surface area (Å²) >= 11 is 0. The Bertz CT molecular complexity index is 2690. The van der Waals surface area contributed by atoms with Gasteiger partial charge in [-0.25, -0.2) is 17.8 Å². The highest BCUT2D eigenvalue weighted by Crippen LogP contribution is 2.44. The van der Waals surface area contributed by atoms with Crippen molar-refractivity contribution in [1.82, 2.24) is 34.0 Å². The summed E-state index contributed by atoms with van der Waals surface area (Å²) in [5.41, 5.74) is 1.39. The molecule has 2 aromatic carbocycles. The first-order valence-electron chi connectivity index (χ1n) is 21.6. The number of carbonyl (C=O) groups is 4. The molecule has 1 spiro atoms. The number of halogens is 1. The van der Waals surface area contributed by atoms with E-state index in [1.54, 1.807) is 51.5 Å². The number of aromatic nitrogens is 3. The number of hydrogen-bond donors (Lipinski definition) is 2. The SMILES string of the molecule is C[C@H]1CCC[C@H]1n1c(=O)ccc2cnc(Nc3ccc(S(=O)(=O)N4CCC5(CCN(C6CN(c7cc8c(cc7F)C(=O)N(C7CCC(=O)NC7=O)C8=O)C6)CC5)CC4)cc3)nc21. The van der Waals surface area contributed by atoms with Crippen LogP contribution < -0.4 is 21.1 Å². The van der Waals surface area contributed by atoms with Crippen molar-refractivity contribution >= 4 is 62.0 Å². The van der Waals surface area contributed by atoms with E-state index in [0.29, 0.717) is 49.4 Å². The van der Waals surface area contributed by atoms with Gasteiger partial charge in [-0.15, -0.1) is 0 Å². The van der Waals surface area contributed by atoms with Crippen LogP contribution in [0.15, 0.2) is 64.4 Å². The molecule has 3 atom stereocenters. The Balaban J connectivity index is 0.724. The van der Waals surface area contributed by atoms with E-state index in [9.17, 15) is 32.4 Å². The van der Waals surface area contributed by atoms with Crippen LogP contribution in [0, 0.1) is 17.2 Å². The summed E-state index contributed by atoms with van der Waals surface area (Å²) in [6, 6.07) is 11.6. The number of likely N-dealkylation sites (tertiary alicyclic amines) is 1. The Hall–Kier alpha value is -5.59. The second kappa shape index (κ2) is 15.3. The molecule has 324 valence electrons. The van der Waals surface area contributed by atoms with Crippen molar-refractivity contribution in [2.75, 3.05) is 49.5 Å². The maximum absolute atomic E-state index is 15.4. The standard InChI is InChI=1S/C44H48FN9O7S/c1-26-3-2-4-34(26)53-38(56)12-5-27-23-46-43(49-39(27)53)47-28-6-8-30(9-7-28)62(60,61)52-19-15-44(16-20-52)13-17-50(18-14-44)29-24-51(25-29)36-22-32-31(21-33(36)45)41(58)54(42(32)59)35-10-11-37(55)48-40(35)57/h5-9,12,21-23,26,29,34-35H,2-4,10-11,13-20,24-25H2,1H3,(H,46,47,49)(H,48,55,57)/t26-,34+,35?/m0/s1. The summed E-state index contributed by atoms with van der Waals surface area (Å²) in [5.74, 6) is -2.50. The number of carbonyl (C=O) groups excluding carboxylic acids is 4. The quantitative estimate of drug-likeness (QED) is 0.241. The van der Waals surface area contributed by atoms with E-state index in [-0.39, 0.29) is 57.6 Å². The van der Waals surface area contributed by atoms with E-state index < -0.39 is 45.5 Å². The van der Waals surface area contributed by atoms with Gasteiger partial charge in [-0.2, -0.15) is 9.29 Å². The lowest BCUT2D eigenvalue weighted by molar-refractivity contribution is -0.136. The van der Waals surface area contributed by atoms with E-state index in [1.165, 1.54) is 6.07 Å². The molecule has 6 aliphatic rings. The fourth-order valence-electron chi connectivity index (χ4n) is 10.6. The minimum absolute atomic E-state index is 0.00350. The summed E-state index contributed by atoms with van der Waals surface area (Å²) in [5, 5.41) is 6.14. The fraction of sp³-hybridized carbons (Fsp3) is 0.477. The van der Waals surface area contributed by atoms with E-state index in [0.717, 1.165) is 74.4 Å². The molecule has 4 amide bonds. The van der Waals surface area contributed by atoms with Crippen LogP contribution in [0.5, 0.6) is 0 Å². The Morgan fingerprint density at radius 2 is 1.55 bits per heavy atom. The molecule has 4 aromatic rings. The lowest BCUT2D eigenvalue weighted by Crippen LogP contribution is -2.62. The van der Waals surface area contributed by atoms with Crippen LogP contribution >= 0.6 is 0 Å². The molecular weight excluding hydrogens is 818 g/mol. The number of pyridine rings is 1. The first-order valence-corrected chi connectivity index (χ1v) is 23.0. The van der Waals surface area contributed by atoms with E-state index >= 15 is 4.39 Å². The van der Waals surface area contributed by atoms with Crippen LogP contribution in [0.1, 0.15) is 91.5 Å². The van der Waals surface area contributed by atoms with Crippen molar-refractivity contribution in [2.24, 2.45) is 11.3 Å². The first-order chi connectivity index (χ1) is 29.8. The third-order valence-corrected chi connectivity index (χ3v) is 16.3. The van der Waals surface area contributed by atoms with Crippen LogP contribution in [-0.4, -0.2) is 112 Å². The Morgan fingerprint density at radius 1 is 0.855 bits per heavy atom. The van der Waals surface area contributed by atoms with Gasteiger partial charge in [-0.1, -0.05) is 13.3 Å². The second-order valence-corrected chi connectivity index (χ2v) is 19.9. The van der Waals surface area contributed by atoms with E-state index in [1.807, 2.05) is 4.90 Å². The van der Waals surface area contributed by atoms with Gasteiger partial charge in [-0.05, 0) is 112 Å². The van der Waals surface area contributed by atoms with Crippen LogP contribution in [0.4, 0.5) is 21.7 Å². The van der Waals surface area contributed by atoms with Gasteiger partial charge in [-0.3, -0.25) is 43.7 Å². The molecule has 2 aromatic heterocycles. The molecule has 7 heterocycles. The topological polar surface area (TPSA) is 187 Å². The molecule has 16 nitrogen and oxygen atoms in total. The average Bonchev–Trinajstić information content (AvgIpc) is 3.76. The summed E-state index contributed by atoms with van der Waals surface area (Å²) in [7, 11) is -3.72. The van der Waals surface area contributed by atoms with Crippen LogP contribution in [0.2, 0.25) is 0 Å². The number of amides is 4. The van der Waals surface area contributed by atoms with Gasteiger partial charge in [0.2, 0.25) is 27.8 Å². The van der Waals surface area contributed by atoms with Crippen molar-refractivity contribution in [3.05, 3.63) is 82.0 Å². The highest BCUT2D eigenvalue weighted by molar-refractivity contribution is 7.89. The maximum atomic E-state index is 15.4. The zero-order valence-corrected chi connectivity index (χ0v) is 35.2. The number of sulfonamides is 1. The summed E-state index contributed by atoms with van der Waals surface area (Å²) in [6.07, 6.45) is 8.20. The predicted octanol–water partition coefficient (Wildman–Crippen LogP) is 4.19. The maximum Gasteiger partial charge on any atom is 0.262 e. The van der Waals surface area contributed by atoms with Gasteiger partial charge < -0.3 is 10.2 Å². The Kier molecular flexibility index (Phi) is 10.0. The average molecular weight is 866 g/mol. The number of rotatable bonds is 8. The number of hydrogen-bond acceptors (Lipinski definition) is 12. The minimum atomic E-state index is -3.72. The zero-order valence-electron chi connectivity index (χ0n) is 34.4. The van der Waals surface area contributed by atoms with Gasteiger partial charge in [0.25, 0.3) is 17.4 Å². The molecule has 1 unspecified atom stereocenters.